The minimum atomic E-state index is -0.355. The molecule has 33 heavy (non-hydrogen) atoms. The molecule has 0 unspecified atom stereocenters. The molecule has 2 aromatic heterocycles. The van der Waals surface area contributed by atoms with E-state index in [0.717, 1.165) is 5.56 Å². The van der Waals surface area contributed by atoms with Crippen LogP contribution >= 0.6 is 0 Å². The predicted octanol–water partition coefficient (Wildman–Crippen LogP) is 2.78. The minimum absolute atomic E-state index is 0.112. The summed E-state index contributed by atoms with van der Waals surface area (Å²) in [5.74, 6) is 0.294. The van der Waals surface area contributed by atoms with E-state index in [9.17, 15) is 14.3 Å². The van der Waals surface area contributed by atoms with Gasteiger partial charge in [0.1, 0.15) is 17.3 Å². The number of hydrogen-bond acceptors (Lipinski definition) is 6. The lowest BCUT2D eigenvalue weighted by atomic mass is 10.0. The number of aliphatic hydroxyl groups excluding tert-OH is 1. The molecule has 0 saturated carbocycles. The summed E-state index contributed by atoms with van der Waals surface area (Å²) in [6.07, 6.45) is 0. The van der Waals surface area contributed by atoms with Crippen LogP contribution in [-0.4, -0.2) is 37.8 Å². The number of halogens is 1. The van der Waals surface area contributed by atoms with E-state index in [-0.39, 0.29) is 31.1 Å². The zero-order valence-electron chi connectivity index (χ0n) is 18.2. The van der Waals surface area contributed by atoms with Gasteiger partial charge in [-0.1, -0.05) is 18.2 Å². The SMILES string of the molecule is CCNc1c(-c2ccc(=O)n(-c3ccccc3CN)n2)c(-c2ccc(F)cc2)nn1CCO. The first-order valence-corrected chi connectivity index (χ1v) is 10.7. The third-order valence-corrected chi connectivity index (χ3v) is 5.22. The molecule has 0 spiro atoms. The van der Waals surface area contributed by atoms with E-state index in [1.165, 1.54) is 22.9 Å². The summed E-state index contributed by atoms with van der Waals surface area (Å²) >= 11 is 0. The number of rotatable bonds is 8. The topological polar surface area (TPSA) is 111 Å². The molecule has 170 valence electrons. The fourth-order valence-electron chi connectivity index (χ4n) is 3.73. The van der Waals surface area contributed by atoms with Crippen LogP contribution < -0.4 is 16.6 Å². The standard InChI is InChI=1S/C24H25FN6O2/c1-2-27-24-22(23(29-30(24)13-14-32)16-7-9-18(25)10-8-16)19-11-12-21(33)31(28-19)20-6-4-3-5-17(20)15-26/h3-12,27,32H,2,13-15,26H2,1H3. The van der Waals surface area contributed by atoms with Gasteiger partial charge in [-0.2, -0.15) is 14.9 Å². The van der Waals surface area contributed by atoms with Crippen LogP contribution in [-0.2, 0) is 13.1 Å². The third kappa shape index (κ3) is 4.41. The Balaban J connectivity index is 1.98. The summed E-state index contributed by atoms with van der Waals surface area (Å²) in [6.45, 7) is 2.95. The van der Waals surface area contributed by atoms with Gasteiger partial charge >= 0.3 is 0 Å². The molecular formula is C24H25FN6O2. The van der Waals surface area contributed by atoms with Crippen molar-refractivity contribution in [1.29, 1.82) is 0 Å². The Bertz CT molecular complexity index is 1310. The van der Waals surface area contributed by atoms with Crippen LogP contribution in [0, 0.1) is 5.82 Å². The molecule has 0 aliphatic heterocycles. The Hall–Kier alpha value is -3.82. The second-order valence-corrected chi connectivity index (χ2v) is 7.36. The van der Waals surface area contributed by atoms with E-state index in [4.69, 9.17) is 5.73 Å². The van der Waals surface area contributed by atoms with E-state index in [2.05, 4.69) is 15.5 Å². The van der Waals surface area contributed by atoms with Crippen molar-refractivity contribution in [3.63, 3.8) is 0 Å². The molecule has 0 fully saturated rings. The smallest absolute Gasteiger partial charge is 0.271 e. The molecule has 0 bridgehead atoms. The van der Waals surface area contributed by atoms with E-state index in [0.29, 0.717) is 40.6 Å². The fraction of sp³-hybridized carbons (Fsp3) is 0.208. The van der Waals surface area contributed by atoms with Crippen molar-refractivity contribution in [3.8, 4) is 28.2 Å². The predicted molar refractivity (Wildman–Crippen MR) is 126 cm³/mol. The monoisotopic (exact) mass is 448 g/mol. The van der Waals surface area contributed by atoms with Gasteiger partial charge in [-0.05, 0) is 48.9 Å². The molecule has 0 aliphatic rings. The number of aromatic nitrogens is 4. The number of hydrogen-bond donors (Lipinski definition) is 3. The van der Waals surface area contributed by atoms with Crippen molar-refractivity contribution >= 4 is 5.82 Å². The maximum absolute atomic E-state index is 13.6. The molecule has 2 aromatic carbocycles. The van der Waals surface area contributed by atoms with Gasteiger partial charge in [0, 0.05) is 24.7 Å². The van der Waals surface area contributed by atoms with Crippen molar-refractivity contribution < 1.29 is 9.50 Å². The molecule has 4 N–H and O–H groups in total. The van der Waals surface area contributed by atoms with Crippen LogP contribution in [0.25, 0.3) is 28.2 Å². The molecule has 4 rings (SSSR count). The Kier molecular flexibility index (Phi) is 6.62. The highest BCUT2D eigenvalue weighted by Gasteiger charge is 2.22. The Morgan fingerprint density at radius 2 is 1.82 bits per heavy atom. The summed E-state index contributed by atoms with van der Waals surface area (Å²) in [7, 11) is 0. The van der Waals surface area contributed by atoms with Crippen LogP contribution in [0.3, 0.4) is 0 Å². The van der Waals surface area contributed by atoms with Crippen molar-refractivity contribution in [3.05, 3.63) is 82.4 Å². The zero-order valence-corrected chi connectivity index (χ0v) is 18.2. The Morgan fingerprint density at radius 1 is 1.06 bits per heavy atom. The lowest BCUT2D eigenvalue weighted by Crippen LogP contribution is -2.22. The first-order chi connectivity index (χ1) is 16.1. The molecule has 9 heteroatoms. The normalized spacial score (nSPS) is 11.0. The average molecular weight is 449 g/mol. The van der Waals surface area contributed by atoms with Gasteiger partial charge in [0.15, 0.2) is 0 Å². The third-order valence-electron chi connectivity index (χ3n) is 5.22. The number of nitrogens with two attached hydrogens (primary N) is 1. The molecule has 0 radical (unpaired) electrons. The van der Waals surface area contributed by atoms with Gasteiger partial charge < -0.3 is 16.2 Å². The van der Waals surface area contributed by atoms with Crippen molar-refractivity contribution in [2.75, 3.05) is 18.5 Å². The molecule has 4 aromatic rings. The minimum Gasteiger partial charge on any atom is -0.394 e. The van der Waals surface area contributed by atoms with E-state index in [1.807, 2.05) is 25.1 Å². The number of nitrogens with one attached hydrogen (secondary N) is 1. The first kappa shape index (κ1) is 22.4. The largest absolute Gasteiger partial charge is 0.394 e. The highest BCUT2D eigenvalue weighted by atomic mass is 19.1. The number of benzene rings is 2. The van der Waals surface area contributed by atoms with Crippen LogP contribution in [0.2, 0.25) is 0 Å². The number of anilines is 1. The van der Waals surface area contributed by atoms with Crippen LogP contribution in [0.4, 0.5) is 10.2 Å². The maximum Gasteiger partial charge on any atom is 0.271 e. The quantitative estimate of drug-likeness (QED) is 0.382. The lowest BCUT2D eigenvalue weighted by molar-refractivity contribution is 0.270. The van der Waals surface area contributed by atoms with Crippen molar-refractivity contribution in [2.24, 2.45) is 5.73 Å². The van der Waals surface area contributed by atoms with Crippen LogP contribution in [0.1, 0.15) is 12.5 Å². The molecule has 8 nitrogen and oxygen atoms in total. The molecular weight excluding hydrogens is 423 g/mol. The number of nitrogens with zero attached hydrogens (tertiary/aromatic N) is 4. The van der Waals surface area contributed by atoms with Crippen LogP contribution in [0.5, 0.6) is 0 Å². The molecule has 0 amide bonds. The summed E-state index contributed by atoms with van der Waals surface area (Å²) in [4.78, 5) is 12.7. The molecule has 2 heterocycles. The van der Waals surface area contributed by atoms with E-state index < -0.39 is 0 Å². The van der Waals surface area contributed by atoms with E-state index >= 15 is 0 Å². The number of aliphatic hydroxyl groups is 1. The number of para-hydroxylation sites is 1. The second-order valence-electron chi connectivity index (χ2n) is 7.36. The van der Waals surface area contributed by atoms with Gasteiger partial charge in [0.05, 0.1) is 30.1 Å². The Morgan fingerprint density at radius 3 is 2.52 bits per heavy atom. The summed E-state index contributed by atoms with van der Waals surface area (Å²) in [5.41, 5.74) is 9.36. The van der Waals surface area contributed by atoms with Crippen LogP contribution in [0.15, 0.2) is 65.5 Å². The van der Waals surface area contributed by atoms with Gasteiger partial charge in [-0.25, -0.2) is 9.07 Å². The summed E-state index contributed by atoms with van der Waals surface area (Å²) < 4.78 is 16.6. The summed E-state index contributed by atoms with van der Waals surface area (Å²) in [6, 6.07) is 16.4. The molecule has 0 atom stereocenters. The van der Waals surface area contributed by atoms with Crippen molar-refractivity contribution in [2.45, 2.75) is 20.0 Å². The fourth-order valence-corrected chi connectivity index (χ4v) is 3.73. The van der Waals surface area contributed by atoms with Crippen molar-refractivity contribution in [1.82, 2.24) is 19.6 Å². The van der Waals surface area contributed by atoms with E-state index in [1.54, 1.807) is 28.9 Å². The zero-order chi connectivity index (χ0) is 23.4. The van der Waals surface area contributed by atoms with Gasteiger partial charge in [-0.15, -0.1) is 0 Å². The Labute approximate surface area is 190 Å². The first-order valence-electron chi connectivity index (χ1n) is 10.7. The van der Waals surface area contributed by atoms with Gasteiger partial charge in [0.2, 0.25) is 0 Å². The summed E-state index contributed by atoms with van der Waals surface area (Å²) in [5, 5.41) is 22.2. The highest BCUT2D eigenvalue weighted by Crippen LogP contribution is 2.36. The molecule has 0 aliphatic carbocycles. The molecule has 0 saturated heterocycles. The maximum atomic E-state index is 13.6. The highest BCUT2D eigenvalue weighted by molar-refractivity contribution is 5.87. The van der Waals surface area contributed by atoms with Gasteiger partial charge in [-0.3, -0.25) is 4.79 Å². The average Bonchev–Trinajstić information content (AvgIpc) is 3.18. The van der Waals surface area contributed by atoms with Gasteiger partial charge in [0.25, 0.3) is 5.56 Å². The lowest BCUT2D eigenvalue weighted by Gasteiger charge is -2.13. The second kappa shape index (κ2) is 9.76.